The van der Waals surface area contributed by atoms with Crippen molar-refractivity contribution in [2.75, 3.05) is 13.7 Å². The number of alkyl carbamates (subject to hydrolysis) is 1. The van der Waals surface area contributed by atoms with E-state index in [9.17, 15) is 9.59 Å². The lowest BCUT2D eigenvalue weighted by Gasteiger charge is -2.36. The lowest BCUT2D eigenvalue weighted by molar-refractivity contribution is -0.137. The van der Waals surface area contributed by atoms with Crippen molar-refractivity contribution in [2.24, 2.45) is 0 Å². The van der Waals surface area contributed by atoms with Gasteiger partial charge in [0, 0.05) is 6.54 Å². The number of amides is 2. The number of hydrogen-bond donors (Lipinski definition) is 2. The molecule has 3 heterocycles. The molecular formula is C23H33BN4O5. The zero-order valence-electron chi connectivity index (χ0n) is 20.2. The second kappa shape index (κ2) is 8.64. The average molecular weight is 456 g/mol. The van der Waals surface area contributed by atoms with Crippen LogP contribution < -0.4 is 10.8 Å². The molecule has 4 rings (SSSR count). The van der Waals surface area contributed by atoms with E-state index >= 15 is 0 Å². The number of likely N-dealkylation sites (tertiary alicyclic amines) is 1. The van der Waals surface area contributed by atoms with Crippen molar-refractivity contribution in [3.8, 4) is 0 Å². The number of rotatable bonds is 4. The van der Waals surface area contributed by atoms with E-state index in [-0.39, 0.29) is 11.9 Å². The van der Waals surface area contributed by atoms with E-state index in [2.05, 4.69) is 15.0 Å². The number of carbonyl (C=O) groups is 2. The molecule has 2 amide bonds. The quantitative estimate of drug-likeness (QED) is 0.686. The summed E-state index contributed by atoms with van der Waals surface area (Å²) in [4.78, 5) is 34.6. The van der Waals surface area contributed by atoms with E-state index in [4.69, 9.17) is 14.3 Å². The first-order valence-corrected chi connectivity index (χ1v) is 11.5. The smallest absolute Gasteiger partial charge is 0.453 e. The molecular weight excluding hydrogens is 423 g/mol. The van der Waals surface area contributed by atoms with Crippen LogP contribution in [0.4, 0.5) is 4.79 Å². The lowest BCUT2D eigenvalue weighted by atomic mass is 9.79. The summed E-state index contributed by atoms with van der Waals surface area (Å²) in [6, 6.07) is 5.07. The zero-order valence-corrected chi connectivity index (χ0v) is 20.2. The maximum Gasteiger partial charge on any atom is 0.494 e. The molecule has 2 atom stereocenters. The number of nitrogens with one attached hydrogen (secondary N) is 2. The molecule has 2 N–H and O–H groups in total. The standard InChI is InChI=1S/C23H33BN4O5/c1-14(25-21(30)31-6)20(29)28-12-8-7-9-18(28)19-26-16-11-10-15(13-17(16)27-19)24-32-22(2,3)23(4,5)33-24/h10-11,13-14,18H,7-9,12H2,1-6H3,(H,25,30)(H,26,27). The molecule has 9 nitrogen and oxygen atoms in total. The molecule has 2 aliphatic heterocycles. The van der Waals surface area contributed by atoms with Crippen LogP contribution in [-0.4, -0.2) is 64.9 Å². The maximum absolute atomic E-state index is 13.1. The molecule has 0 saturated carbocycles. The Labute approximate surface area is 194 Å². The van der Waals surface area contributed by atoms with Crippen LogP contribution in [0.2, 0.25) is 0 Å². The summed E-state index contributed by atoms with van der Waals surface area (Å²) in [5.41, 5.74) is 1.79. The first-order chi connectivity index (χ1) is 15.5. The molecule has 2 unspecified atom stereocenters. The molecule has 2 aliphatic rings. The monoisotopic (exact) mass is 456 g/mol. The van der Waals surface area contributed by atoms with Gasteiger partial charge in [0.25, 0.3) is 0 Å². The zero-order chi connectivity index (χ0) is 24.0. The molecule has 1 aromatic carbocycles. The van der Waals surface area contributed by atoms with Gasteiger partial charge < -0.3 is 29.2 Å². The van der Waals surface area contributed by atoms with Crippen LogP contribution in [0.25, 0.3) is 11.0 Å². The van der Waals surface area contributed by atoms with Crippen LogP contribution in [0, 0.1) is 0 Å². The third-order valence-electron chi connectivity index (χ3n) is 7.04. The minimum Gasteiger partial charge on any atom is -0.453 e. The average Bonchev–Trinajstić information content (AvgIpc) is 3.29. The van der Waals surface area contributed by atoms with Gasteiger partial charge in [-0.15, -0.1) is 0 Å². The normalized spacial score (nSPS) is 22.9. The molecule has 2 fully saturated rings. The van der Waals surface area contributed by atoms with E-state index in [0.717, 1.165) is 41.6 Å². The molecule has 0 radical (unpaired) electrons. The first-order valence-electron chi connectivity index (χ1n) is 11.5. The van der Waals surface area contributed by atoms with Crippen molar-refractivity contribution in [2.45, 2.75) is 77.2 Å². The molecule has 178 valence electrons. The maximum atomic E-state index is 13.1. The Balaban J connectivity index is 1.57. The van der Waals surface area contributed by atoms with Gasteiger partial charge in [-0.25, -0.2) is 9.78 Å². The fraction of sp³-hybridized carbons (Fsp3) is 0.609. The first kappa shape index (κ1) is 23.6. The number of fused-ring (bicyclic) bond motifs is 1. The highest BCUT2D eigenvalue weighted by Gasteiger charge is 2.51. The van der Waals surface area contributed by atoms with Crippen LogP contribution in [-0.2, 0) is 18.8 Å². The highest BCUT2D eigenvalue weighted by molar-refractivity contribution is 6.62. The van der Waals surface area contributed by atoms with Crippen LogP contribution in [0.1, 0.15) is 65.7 Å². The van der Waals surface area contributed by atoms with Gasteiger partial charge in [-0.3, -0.25) is 4.79 Å². The minimum absolute atomic E-state index is 0.150. The van der Waals surface area contributed by atoms with Gasteiger partial charge in [0.15, 0.2) is 0 Å². The van der Waals surface area contributed by atoms with Crippen LogP contribution >= 0.6 is 0 Å². The Hall–Kier alpha value is -2.59. The summed E-state index contributed by atoms with van der Waals surface area (Å²) >= 11 is 0. The number of H-pyrrole nitrogens is 1. The van der Waals surface area contributed by atoms with Crippen molar-refractivity contribution >= 4 is 35.6 Å². The molecule has 1 aromatic heterocycles. The fourth-order valence-electron chi connectivity index (χ4n) is 4.36. The molecule has 33 heavy (non-hydrogen) atoms. The predicted octanol–water partition coefficient (Wildman–Crippen LogP) is 2.66. The van der Waals surface area contributed by atoms with Gasteiger partial charge in [-0.05, 0) is 71.5 Å². The highest BCUT2D eigenvalue weighted by Crippen LogP contribution is 2.37. The predicted molar refractivity (Wildman–Crippen MR) is 125 cm³/mol. The number of hydrogen-bond acceptors (Lipinski definition) is 6. The number of carbonyl (C=O) groups excluding carboxylic acids is 2. The van der Waals surface area contributed by atoms with E-state index < -0.39 is 30.5 Å². The van der Waals surface area contributed by atoms with Crippen LogP contribution in [0.3, 0.4) is 0 Å². The largest absolute Gasteiger partial charge is 0.494 e. The van der Waals surface area contributed by atoms with Crippen LogP contribution in [0.5, 0.6) is 0 Å². The number of nitrogens with zero attached hydrogens (tertiary/aromatic N) is 2. The number of imidazole rings is 1. The van der Waals surface area contributed by atoms with Crippen molar-refractivity contribution in [1.82, 2.24) is 20.2 Å². The lowest BCUT2D eigenvalue weighted by Crippen LogP contribution is -2.49. The van der Waals surface area contributed by atoms with Gasteiger partial charge in [0.1, 0.15) is 11.9 Å². The van der Waals surface area contributed by atoms with Gasteiger partial charge in [-0.1, -0.05) is 6.07 Å². The number of methoxy groups -OCH3 is 1. The Kier molecular flexibility index (Phi) is 6.17. The topological polar surface area (TPSA) is 106 Å². The van der Waals surface area contributed by atoms with Gasteiger partial charge in [0.05, 0.1) is 35.4 Å². The number of ether oxygens (including phenoxy) is 1. The molecule has 0 aliphatic carbocycles. The minimum atomic E-state index is -0.683. The summed E-state index contributed by atoms with van der Waals surface area (Å²) in [5, 5.41) is 2.57. The van der Waals surface area contributed by atoms with Crippen molar-refractivity contribution in [3.63, 3.8) is 0 Å². The molecule has 10 heteroatoms. The number of aromatic nitrogens is 2. The molecule has 2 aromatic rings. The van der Waals surface area contributed by atoms with Crippen molar-refractivity contribution in [3.05, 3.63) is 24.0 Å². The van der Waals surface area contributed by atoms with E-state index in [1.54, 1.807) is 11.8 Å². The second-order valence-corrected chi connectivity index (χ2v) is 9.89. The molecule has 2 saturated heterocycles. The summed E-state index contributed by atoms with van der Waals surface area (Å²) < 4.78 is 17.0. The Morgan fingerprint density at radius 2 is 1.94 bits per heavy atom. The third kappa shape index (κ3) is 4.46. The SMILES string of the molecule is COC(=O)NC(C)C(=O)N1CCCCC1c1nc2ccc(B3OC(C)(C)C(C)(C)O3)cc2[nH]1. The van der Waals surface area contributed by atoms with E-state index in [0.29, 0.717) is 6.54 Å². The molecule has 0 spiro atoms. The number of piperidine rings is 1. The van der Waals surface area contributed by atoms with Crippen molar-refractivity contribution < 1.29 is 23.6 Å². The fourth-order valence-corrected chi connectivity index (χ4v) is 4.36. The number of benzene rings is 1. The Morgan fingerprint density at radius 3 is 2.61 bits per heavy atom. The summed E-state index contributed by atoms with van der Waals surface area (Å²) in [7, 11) is 0.826. The van der Waals surface area contributed by atoms with E-state index in [1.165, 1.54) is 7.11 Å². The highest BCUT2D eigenvalue weighted by atomic mass is 16.7. The second-order valence-electron chi connectivity index (χ2n) is 9.89. The summed E-state index contributed by atoms with van der Waals surface area (Å²) in [6.07, 6.45) is 2.10. The summed E-state index contributed by atoms with van der Waals surface area (Å²) in [6.45, 7) is 10.4. The summed E-state index contributed by atoms with van der Waals surface area (Å²) in [5.74, 6) is 0.595. The van der Waals surface area contributed by atoms with Crippen LogP contribution in [0.15, 0.2) is 18.2 Å². The van der Waals surface area contributed by atoms with Gasteiger partial charge >= 0.3 is 13.2 Å². The number of aromatic amines is 1. The molecule has 0 bridgehead atoms. The van der Waals surface area contributed by atoms with Crippen molar-refractivity contribution in [1.29, 1.82) is 0 Å². The van der Waals surface area contributed by atoms with Gasteiger partial charge in [-0.2, -0.15) is 0 Å². The third-order valence-corrected chi connectivity index (χ3v) is 7.04. The Bertz CT molecular complexity index is 1040. The Morgan fingerprint density at radius 1 is 1.24 bits per heavy atom. The van der Waals surface area contributed by atoms with Gasteiger partial charge in [0.2, 0.25) is 5.91 Å². The van der Waals surface area contributed by atoms with E-state index in [1.807, 2.05) is 45.9 Å².